The van der Waals surface area contributed by atoms with E-state index in [1.807, 2.05) is 6.92 Å². The van der Waals surface area contributed by atoms with Crippen LogP contribution in [0.3, 0.4) is 0 Å². The summed E-state index contributed by atoms with van der Waals surface area (Å²) in [6, 6.07) is 3.84. The number of benzene rings is 1. The van der Waals surface area contributed by atoms with Crippen LogP contribution in [-0.4, -0.2) is 22.1 Å². The molecule has 0 spiro atoms. The quantitative estimate of drug-likeness (QED) is 0.629. The number of nitrogens with zero attached hydrogens (tertiary/aromatic N) is 1. The van der Waals surface area contributed by atoms with Crippen LogP contribution < -0.4 is 4.74 Å². The zero-order valence-corrected chi connectivity index (χ0v) is 9.54. The molecule has 1 N–H and O–H groups in total. The zero-order chi connectivity index (χ0) is 13.0. The fourth-order valence-corrected chi connectivity index (χ4v) is 1.25. The van der Waals surface area contributed by atoms with Crippen LogP contribution >= 0.6 is 0 Å². The Morgan fingerprint density at radius 2 is 2.24 bits per heavy atom. The Balaban J connectivity index is 3.28. The molecule has 6 heteroatoms. The molecule has 0 amide bonds. The Morgan fingerprint density at radius 1 is 1.59 bits per heavy atom. The summed E-state index contributed by atoms with van der Waals surface area (Å²) < 4.78 is 5.33. The van der Waals surface area contributed by atoms with Crippen molar-refractivity contribution in [3.8, 4) is 5.75 Å². The molecule has 17 heavy (non-hydrogen) atoms. The number of ether oxygens (including phenoxy) is 1. The standard InChI is InChI=1S/C11H13NO5/c1-3-7(2)17-10-8(11(13)14)5-4-6-9(10)12(15)16/h4-7H,3H2,1-2H3,(H,13,14). The molecule has 1 unspecified atom stereocenters. The van der Waals surface area contributed by atoms with Gasteiger partial charge in [-0.15, -0.1) is 0 Å². The van der Waals surface area contributed by atoms with Gasteiger partial charge in [-0.3, -0.25) is 10.1 Å². The SMILES string of the molecule is CCC(C)Oc1c(C(=O)O)cccc1[N+](=O)[O-]. The molecular formula is C11H13NO5. The second-order valence-corrected chi connectivity index (χ2v) is 3.55. The predicted molar refractivity (Wildman–Crippen MR) is 60.4 cm³/mol. The summed E-state index contributed by atoms with van der Waals surface area (Å²) >= 11 is 0. The molecule has 0 radical (unpaired) electrons. The van der Waals surface area contributed by atoms with Gasteiger partial charge in [0.1, 0.15) is 5.56 Å². The van der Waals surface area contributed by atoms with E-state index in [4.69, 9.17) is 9.84 Å². The fourth-order valence-electron chi connectivity index (χ4n) is 1.25. The van der Waals surface area contributed by atoms with E-state index < -0.39 is 10.9 Å². The van der Waals surface area contributed by atoms with E-state index in [9.17, 15) is 14.9 Å². The Kier molecular flexibility index (Phi) is 4.03. The minimum absolute atomic E-state index is 0.181. The van der Waals surface area contributed by atoms with E-state index in [1.54, 1.807) is 6.92 Å². The van der Waals surface area contributed by atoms with Crippen LogP contribution in [0.5, 0.6) is 5.75 Å². The molecule has 0 heterocycles. The van der Waals surface area contributed by atoms with Gasteiger partial charge < -0.3 is 9.84 Å². The Labute approximate surface area is 98.0 Å². The molecule has 0 aromatic heterocycles. The molecular weight excluding hydrogens is 226 g/mol. The summed E-state index contributed by atoms with van der Waals surface area (Å²) in [5, 5.41) is 19.8. The number of nitro benzene ring substituents is 1. The van der Waals surface area contributed by atoms with Crippen LogP contribution in [0.15, 0.2) is 18.2 Å². The lowest BCUT2D eigenvalue weighted by molar-refractivity contribution is -0.386. The second-order valence-electron chi connectivity index (χ2n) is 3.55. The average molecular weight is 239 g/mol. The van der Waals surface area contributed by atoms with E-state index in [2.05, 4.69) is 0 Å². The maximum Gasteiger partial charge on any atom is 0.339 e. The molecule has 1 aromatic rings. The van der Waals surface area contributed by atoms with Gasteiger partial charge in [-0.05, 0) is 19.4 Å². The van der Waals surface area contributed by atoms with Gasteiger partial charge in [0.05, 0.1) is 11.0 Å². The molecule has 1 rings (SSSR count). The Hall–Kier alpha value is -2.11. The molecule has 0 aliphatic heterocycles. The van der Waals surface area contributed by atoms with E-state index in [1.165, 1.54) is 18.2 Å². The Bertz CT molecular complexity index is 411. The molecule has 0 aliphatic rings. The van der Waals surface area contributed by atoms with Gasteiger partial charge >= 0.3 is 11.7 Å². The van der Waals surface area contributed by atoms with Crippen molar-refractivity contribution in [2.45, 2.75) is 26.4 Å². The van der Waals surface area contributed by atoms with Gasteiger partial charge in [0.2, 0.25) is 5.75 Å². The third-order valence-corrected chi connectivity index (χ3v) is 2.32. The van der Waals surface area contributed by atoms with Crippen molar-refractivity contribution in [3.05, 3.63) is 33.9 Å². The molecule has 0 bridgehead atoms. The van der Waals surface area contributed by atoms with Crippen LogP contribution in [0.1, 0.15) is 30.6 Å². The van der Waals surface area contributed by atoms with Crippen molar-refractivity contribution in [2.75, 3.05) is 0 Å². The lowest BCUT2D eigenvalue weighted by atomic mass is 10.1. The van der Waals surface area contributed by atoms with Crippen LogP contribution in [0.4, 0.5) is 5.69 Å². The molecule has 92 valence electrons. The van der Waals surface area contributed by atoms with Crippen LogP contribution in [-0.2, 0) is 0 Å². The number of para-hydroxylation sites is 1. The van der Waals surface area contributed by atoms with Crippen molar-refractivity contribution >= 4 is 11.7 Å². The van der Waals surface area contributed by atoms with Gasteiger partial charge in [0.25, 0.3) is 0 Å². The predicted octanol–water partition coefficient (Wildman–Crippen LogP) is 2.47. The smallest absolute Gasteiger partial charge is 0.339 e. The third kappa shape index (κ3) is 2.93. The van der Waals surface area contributed by atoms with Crippen LogP contribution in [0.25, 0.3) is 0 Å². The summed E-state index contributed by atoms with van der Waals surface area (Å²) in [6.07, 6.45) is 0.347. The molecule has 0 saturated heterocycles. The van der Waals surface area contributed by atoms with Gasteiger partial charge in [0.15, 0.2) is 0 Å². The van der Waals surface area contributed by atoms with E-state index in [0.29, 0.717) is 6.42 Å². The number of hydrogen-bond acceptors (Lipinski definition) is 4. The van der Waals surface area contributed by atoms with Gasteiger partial charge in [-0.2, -0.15) is 0 Å². The number of nitro groups is 1. The first-order chi connectivity index (χ1) is 7.97. The molecule has 0 aliphatic carbocycles. The summed E-state index contributed by atoms with van der Waals surface area (Å²) in [5.74, 6) is -1.42. The van der Waals surface area contributed by atoms with E-state index >= 15 is 0 Å². The molecule has 1 aromatic carbocycles. The highest BCUT2D eigenvalue weighted by atomic mass is 16.6. The largest absolute Gasteiger partial charge is 0.483 e. The monoisotopic (exact) mass is 239 g/mol. The number of aromatic carboxylic acids is 1. The first-order valence-corrected chi connectivity index (χ1v) is 5.14. The minimum atomic E-state index is -1.24. The average Bonchev–Trinajstić information content (AvgIpc) is 2.28. The van der Waals surface area contributed by atoms with Crippen molar-refractivity contribution in [2.24, 2.45) is 0 Å². The molecule has 0 fully saturated rings. The van der Waals surface area contributed by atoms with Crippen LogP contribution in [0, 0.1) is 10.1 Å². The van der Waals surface area contributed by atoms with E-state index in [-0.39, 0.29) is 23.1 Å². The van der Waals surface area contributed by atoms with E-state index in [0.717, 1.165) is 0 Å². The first kappa shape index (κ1) is 13.0. The highest BCUT2D eigenvalue weighted by molar-refractivity contribution is 5.92. The lowest BCUT2D eigenvalue weighted by Gasteiger charge is -2.14. The highest BCUT2D eigenvalue weighted by Crippen LogP contribution is 2.32. The van der Waals surface area contributed by atoms with Crippen molar-refractivity contribution < 1.29 is 19.6 Å². The lowest BCUT2D eigenvalue weighted by Crippen LogP contribution is -2.14. The number of hydrogen-bond donors (Lipinski definition) is 1. The summed E-state index contributed by atoms with van der Waals surface area (Å²) in [7, 11) is 0. The van der Waals surface area contributed by atoms with Gasteiger partial charge in [-0.1, -0.05) is 13.0 Å². The molecule has 1 atom stereocenters. The third-order valence-electron chi connectivity index (χ3n) is 2.32. The maximum absolute atomic E-state index is 11.0. The molecule has 6 nitrogen and oxygen atoms in total. The number of carboxylic acid groups (broad SMARTS) is 1. The van der Waals surface area contributed by atoms with Crippen LogP contribution in [0.2, 0.25) is 0 Å². The van der Waals surface area contributed by atoms with Gasteiger partial charge in [-0.25, -0.2) is 4.79 Å². The van der Waals surface area contributed by atoms with Crippen molar-refractivity contribution in [3.63, 3.8) is 0 Å². The molecule has 0 saturated carbocycles. The Morgan fingerprint density at radius 3 is 2.71 bits per heavy atom. The number of carbonyl (C=O) groups is 1. The number of carboxylic acids is 1. The minimum Gasteiger partial charge on any atom is -0.483 e. The topological polar surface area (TPSA) is 89.7 Å². The summed E-state index contributed by atoms with van der Waals surface area (Å²) in [6.45, 7) is 3.57. The first-order valence-electron chi connectivity index (χ1n) is 5.14. The second kappa shape index (κ2) is 5.29. The highest BCUT2D eigenvalue weighted by Gasteiger charge is 2.24. The van der Waals surface area contributed by atoms with Crippen molar-refractivity contribution in [1.29, 1.82) is 0 Å². The maximum atomic E-state index is 11.0. The summed E-state index contributed by atoms with van der Waals surface area (Å²) in [4.78, 5) is 21.1. The van der Waals surface area contributed by atoms with Gasteiger partial charge in [0, 0.05) is 6.07 Å². The summed E-state index contributed by atoms with van der Waals surface area (Å²) in [5.41, 5.74) is -0.523. The van der Waals surface area contributed by atoms with Crippen molar-refractivity contribution in [1.82, 2.24) is 0 Å². The zero-order valence-electron chi connectivity index (χ0n) is 9.54. The number of rotatable bonds is 5. The normalized spacial score (nSPS) is 11.9. The fraction of sp³-hybridized carbons (Fsp3) is 0.364.